The summed E-state index contributed by atoms with van der Waals surface area (Å²) < 4.78 is 7.71. The Morgan fingerprint density at radius 2 is 2.08 bits per heavy atom. The van der Waals surface area contributed by atoms with Crippen LogP contribution >= 0.6 is 11.8 Å². The number of nitrogens with one attached hydrogen (secondary N) is 1. The minimum Gasteiger partial charge on any atom is -0.463 e. The molecule has 2 aromatic heterocycles. The van der Waals surface area contributed by atoms with E-state index in [0.717, 1.165) is 35.6 Å². The molecular formula is C20H25N4OS+. The summed E-state index contributed by atoms with van der Waals surface area (Å²) in [6, 6.07) is 14.6. The molecular weight excluding hydrogens is 344 g/mol. The Morgan fingerprint density at radius 1 is 1.19 bits per heavy atom. The van der Waals surface area contributed by atoms with E-state index in [1.807, 2.05) is 6.07 Å². The molecule has 3 aromatic rings. The fraction of sp³-hybridized carbons (Fsp3) is 0.400. The summed E-state index contributed by atoms with van der Waals surface area (Å²) in [5, 5.41) is 10.00. The van der Waals surface area contributed by atoms with E-state index in [1.54, 1.807) is 22.9 Å². The summed E-state index contributed by atoms with van der Waals surface area (Å²) in [5.41, 5.74) is 1.31. The maximum Gasteiger partial charge on any atom is 0.191 e. The van der Waals surface area contributed by atoms with Gasteiger partial charge in [0.05, 0.1) is 25.3 Å². The Bertz CT molecular complexity index is 816. The van der Waals surface area contributed by atoms with Gasteiger partial charge in [0, 0.05) is 12.8 Å². The third-order valence-electron chi connectivity index (χ3n) is 5.07. The molecule has 0 radical (unpaired) electrons. The van der Waals surface area contributed by atoms with Gasteiger partial charge >= 0.3 is 0 Å². The SMILES string of the molecule is Cn1c(SCc2ccccc2)nnc1[C@H]1CCC[NH+](Cc2ccco2)C1. The lowest BCUT2D eigenvalue weighted by Gasteiger charge is -2.28. The topological polar surface area (TPSA) is 48.3 Å². The Balaban J connectivity index is 1.40. The Hall–Kier alpha value is -2.05. The van der Waals surface area contributed by atoms with E-state index in [4.69, 9.17) is 4.42 Å². The molecule has 0 saturated carbocycles. The van der Waals surface area contributed by atoms with Crippen molar-refractivity contribution in [2.24, 2.45) is 7.05 Å². The lowest BCUT2D eigenvalue weighted by Crippen LogP contribution is -3.12. The van der Waals surface area contributed by atoms with E-state index in [2.05, 4.69) is 58.2 Å². The molecule has 2 atom stereocenters. The van der Waals surface area contributed by atoms with Crippen molar-refractivity contribution in [1.29, 1.82) is 0 Å². The van der Waals surface area contributed by atoms with Gasteiger partial charge in [0.1, 0.15) is 12.4 Å². The smallest absolute Gasteiger partial charge is 0.191 e. The van der Waals surface area contributed by atoms with Gasteiger partial charge in [-0.05, 0) is 30.5 Å². The molecule has 1 saturated heterocycles. The van der Waals surface area contributed by atoms with Gasteiger partial charge in [-0.15, -0.1) is 10.2 Å². The lowest BCUT2D eigenvalue weighted by molar-refractivity contribution is -0.921. The van der Waals surface area contributed by atoms with Gasteiger partial charge in [-0.1, -0.05) is 42.1 Å². The van der Waals surface area contributed by atoms with E-state index in [9.17, 15) is 0 Å². The first-order valence-electron chi connectivity index (χ1n) is 9.21. The van der Waals surface area contributed by atoms with Crippen LogP contribution in [0.2, 0.25) is 0 Å². The maximum absolute atomic E-state index is 5.52. The molecule has 0 bridgehead atoms. The molecule has 4 rings (SSSR count). The van der Waals surface area contributed by atoms with Gasteiger partial charge < -0.3 is 13.9 Å². The average Bonchev–Trinajstić information content (AvgIpc) is 3.31. The van der Waals surface area contributed by atoms with Crippen LogP contribution in [0.5, 0.6) is 0 Å². The van der Waals surface area contributed by atoms with E-state index in [0.29, 0.717) is 5.92 Å². The summed E-state index contributed by atoms with van der Waals surface area (Å²) in [4.78, 5) is 1.57. The molecule has 136 valence electrons. The number of hydrogen-bond donors (Lipinski definition) is 1. The van der Waals surface area contributed by atoms with Crippen molar-refractivity contribution in [3.8, 4) is 0 Å². The molecule has 0 spiro atoms. The van der Waals surface area contributed by atoms with Crippen molar-refractivity contribution in [2.75, 3.05) is 13.1 Å². The molecule has 1 N–H and O–H groups in total. The van der Waals surface area contributed by atoms with E-state index in [-0.39, 0.29) is 0 Å². The fourth-order valence-corrected chi connectivity index (χ4v) is 4.59. The predicted octanol–water partition coefficient (Wildman–Crippen LogP) is 2.66. The maximum atomic E-state index is 5.52. The van der Waals surface area contributed by atoms with Crippen LogP contribution in [-0.4, -0.2) is 27.9 Å². The van der Waals surface area contributed by atoms with E-state index >= 15 is 0 Å². The van der Waals surface area contributed by atoms with Crippen LogP contribution in [0.15, 0.2) is 58.3 Å². The highest BCUT2D eigenvalue weighted by Crippen LogP contribution is 2.26. The summed E-state index contributed by atoms with van der Waals surface area (Å²) in [6.07, 6.45) is 4.17. The number of benzene rings is 1. The minimum absolute atomic E-state index is 0.470. The van der Waals surface area contributed by atoms with Gasteiger partial charge in [0.2, 0.25) is 0 Å². The van der Waals surface area contributed by atoms with Crippen LogP contribution in [0, 0.1) is 0 Å². The molecule has 1 aliphatic rings. The van der Waals surface area contributed by atoms with Crippen LogP contribution in [0.4, 0.5) is 0 Å². The van der Waals surface area contributed by atoms with Crippen molar-refractivity contribution >= 4 is 11.8 Å². The van der Waals surface area contributed by atoms with Gasteiger partial charge in [-0.3, -0.25) is 0 Å². The third kappa shape index (κ3) is 4.02. The standard InChI is InChI=1S/C20H24N4OS/c1-23-19(21-22-20(23)26-15-16-7-3-2-4-8-16)17-9-5-11-24(13-17)14-18-10-6-12-25-18/h2-4,6-8,10,12,17H,5,9,11,13-15H2,1H3/p+1/t17-/m0/s1. The Kier molecular flexibility index (Phi) is 5.41. The van der Waals surface area contributed by atoms with E-state index < -0.39 is 0 Å². The van der Waals surface area contributed by atoms with Crippen LogP contribution in [0.3, 0.4) is 0 Å². The number of nitrogens with zero attached hydrogens (tertiary/aromatic N) is 3. The van der Waals surface area contributed by atoms with Crippen LogP contribution in [0.25, 0.3) is 0 Å². The summed E-state index contributed by atoms with van der Waals surface area (Å²) in [5.74, 6) is 3.58. The molecule has 0 aliphatic carbocycles. The number of furan rings is 1. The number of likely N-dealkylation sites (tertiary alicyclic amines) is 1. The highest BCUT2D eigenvalue weighted by atomic mass is 32.2. The lowest BCUT2D eigenvalue weighted by atomic mass is 9.97. The van der Waals surface area contributed by atoms with Crippen molar-refractivity contribution in [2.45, 2.75) is 36.2 Å². The zero-order valence-corrected chi connectivity index (χ0v) is 15.9. The Morgan fingerprint density at radius 3 is 2.88 bits per heavy atom. The van der Waals surface area contributed by atoms with Gasteiger partial charge in [-0.2, -0.15) is 0 Å². The quantitative estimate of drug-likeness (QED) is 0.679. The second kappa shape index (κ2) is 8.10. The van der Waals surface area contributed by atoms with Crippen LogP contribution < -0.4 is 4.90 Å². The normalized spacial score (nSPS) is 20.3. The molecule has 1 aliphatic heterocycles. The fourth-order valence-electron chi connectivity index (χ4n) is 3.72. The highest BCUT2D eigenvalue weighted by molar-refractivity contribution is 7.98. The number of rotatable bonds is 6. The zero-order valence-electron chi connectivity index (χ0n) is 15.1. The molecule has 1 aromatic carbocycles. The average molecular weight is 370 g/mol. The minimum atomic E-state index is 0.470. The van der Waals surface area contributed by atoms with E-state index in [1.165, 1.54) is 24.9 Å². The second-order valence-corrected chi connectivity index (χ2v) is 7.92. The number of aromatic nitrogens is 3. The first kappa shape index (κ1) is 17.4. The number of quaternary nitrogens is 1. The van der Waals surface area contributed by atoms with Crippen LogP contribution in [0.1, 0.15) is 35.9 Å². The number of thioether (sulfide) groups is 1. The van der Waals surface area contributed by atoms with Gasteiger partial charge in [-0.25, -0.2) is 0 Å². The first-order valence-corrected chi connectivity index (χ1v) is 10.2. The molecule has 1 unspecified atom stereocenters. The molecule has 3 heterocycles. The van der Waals surface area contributed by atoms with Crippen molar-refractivity contribution in [3.05, 3.63) is 65.9 Å². The third-order valence-corrected chi connectivity index (χ3v) is 6.16. The number of hydrogen-bond acceptors (Lipinski definition) is 4. The summed E-state index contributed by atoms with van der Waals surface area (Å²) in [6.45, 7) is 3.25. The summed E-state index contributed by atoms with van der Waals surface area (Å²) >= 11 is 1.76. The molecule has 1 fully saturated rings. The monoisotopic (exact) mass is 369 g/mol. The molecule has 6 heteroatoms. The van der Waals surface area contributed by atoms with Crippen molar-refractivity contribution in [1.82, 2.24) is 14.8 Å². The number of piperidine rings is 1. The molecule has 0 amide bonds. The largest absolute Gasteiger partial charge is 0.463 e. The second-order valence-electron chi connectivity index (χ2n) is 6.97. The van der Waals surface area contributed by atoms with Gasteiger partial charge in [0.25, 0.3) is 0 Å². The molecule has 5 nitrogen and oxygen atoms in total. The molecule has 26 heavy (non-hydrogen) atoms. The zero-order chi connectivity index (χ0) is 17.8. The Labute approximate surface area is 158 Å². The summed E-state index contributed by atoms with van der Waals surface area (Å²) in [7, 11) is 2.10. The van der Waals surface area contributed by atoms with Crippen molar-refractivity contribution < 1.29 is 9.32 Å². The predicted molar refractivity (Wildman–Crippen MR) is 102 cm³/mol. The highest BCUT2D eigenvalue weighted by Gasteiger charge is 2.29. The first-order chi connectivity index (χ1) is 12.8. The van der Waals surface area contributed by atoms with Crippen molar-refractivity contribution in [3.63, 3.8) is 0 Å². The van der Waals surface area contributed by atoms with Gasteiger partial charge in [0.15, 0.2) is 10.9 Å². The van der Waals surface area contributed by atoms with Crippen LogP contribution in [-0.2, 0) is 19.3 Å².